The minimum Gasteiger partial charge on any atom is -0.313 e. The van der Waals surface area contributed by atoms with Crippen molar-refractivity contribution in [3.05, 3.63) is 0 Å². The summed E-state index contributed by atoms with van der Waals surface area (Å²) in [4.78, 5) is 0. The van der Waals surface area contributed by atoms with Gasteiger partial charge in [-0.2, -0.15) is 0 Å². The van der Waals surface area contributed by atoms with E-state index >= 15 is 0 Å². The molecule has 1 nitrogen and oxygen atoms in total. The van der Waals surface area contributed by atoms with Gasteiger partial charge in [0.1, 0.15) is 0 Å². The van der Waals surface area contributed by atoms with Crippen LogP contribution in [0.25, 0.3) is 0 Å². The van der Waals surface area contributed by atoms with Gasteiger partial charge in [-0.1, -0.05) is 20.8 Å². The highest BCUT2D eigenvalue weighted by Gasteiger charge is 2.36. The van der Waals surface area contributed by atoms with E-state index < -0.39 is 0 Å². The van der Waals surface area contributed by atoms with Crippen LogP contribution in [0.3, 0.4) is 0 Å². The Morgan fingerprint density at radius 1 is 1.27 bits per heavy atom. The molecular formula is C10H21N. The fourth-order valence-electron chi connectivity index (χ4n) is 1.03. The average Bonchev–Trinajstić information content (AvgIpc) is 2.64. The van der Waals surface area contributed by atoms with E-state index in [2.05, 4.69) is 33.0 Å². The van der Waals surface area contributed by atoms with Crippen LogP contribution in [0.4, 0.5) is 0 Å². The third-order valence-electron chi connectivity index (χ3n) is 2.95. The van der Waals surface area contributed by atoms with E-state index in [9.17, 15) is 0 Å². The Kier molecular flexibility index (Phi) is 2.58. The summed E-state index contributed by atoms with van der Waals surface area (Å²) >= 11 is 0. The first kappa shape index (κ1) is 9.05. The molecule has 1 aliphatic carbocycles. The molecule has 1 atom stereocenters. The number of hydrogen-bond donors (Lipinski definition) is 1. The lowest BCUT2D eigenvalue weighted by Gasteiger charge is -2.19. The van der Waals surface area contributed by atoms with E-state index in [0.29, 0.717) is 11.5 Å². The molecule has 0 aromatic heterocycles. The first-order valence-electron chi connectivity index (χ1n) is 4.77. The molecule has 0 aromatic rings. The quantitative estimate of drug-likeness (QED) is 0.657. The minimum absolute atomic E-state index is 0.656. The Labute approximate surface area is 70.6 Å². The Morgan fingerprint density at radius 2 is 1.82 bits per heavy atom. The smallest absolute Gasteiger partial charge is 0.00619 e. The maximum Gasteiger partial charge on any atom is 0.00619 e. The molecule has 0 heterocycles. The summed E-state index contributed by atoms with van der Waals surface area (Å²) < 4.78 is 0. The molecule has 1 aliphatic rings. The Balaban J connectivity index is 2.11. The van der Waals surface area contributed by atoms with E-state index in [1.54, 1.807) is 0 Å². The standard InChI is InChI=1S/C10H21N/c1-8(2)9(3)11-7-10(4)5-6-10/h8-9,11H,5-7H2,1-4H3. The topological polar surface area (TPSA) is 12.0 Å². The molecule has 0 aliphatic heterocycles. The molecule has 0 aromatic carbocycles. The van der Waals surface area contributed by atoms with Gasteiger partial charge >= 0.3 is 0 Å². The molecule has 1 N–H and O–H groups in total. The minimum atomic E-state index is 0.656. The van der Waals surface area contributed by atoms with E-state index in [4.69, 9.17) is 0 Å². The maximum absolute atomic E-state index is 3.58. The largest absolute Gasteiger partial charge is 0.313 e. The molecular weight excluding hydrogens is 134 g/mol. The van der Waals surface area contributed by atoms with Gasteiger partial charge in [-0.3, -0.25) is 0 Å². The second-order valence-electron chi connectivity index (χ2n) is 4.72. The normalized spacial score (nSPS) is 23.7. The van der Waals surface area contributed by atoms with Crippen molar-refractivity contribution in [3.63, 3.8) is 0 Å². The van der Waals surface area contributed by atoms with Gasteiger partial charge in [0, 0.05) is 12.6 Å². The fourth-order valence-corrected chi connectivity index (χ4v) is 1.03. The summed E-state index contributed by atoms with van der Waals surface area (Å²) in [5, 5.41) is 3.58. The van der Waals surface area contributed by atoms with Crippen molar-refractivity contribution < 1.29 is 0 Å². The van der Waals surface area contributed by atoms with Crippen LogP contribution >= 0.6 is 0 Å². The molecule has 1 rings (SSSR count). The zero-order chi connectivity index (χ0) is 8.48. The van der Waals surface area contributed by atoms with Gasteiger partial charge in [-0.25, -0.2) is 0 Å². The molecule has 0 saturated heterocycles. The first-order chi connectivity index (χ1) is 5.03. The molecule has 1 heteroatoms. The van der Waals surface area contributed by atoms with Crippen molar-refractivity contribution in [1.82, 2.24) is 5.32 Å². The number of nitrogens with one attached hydrogen (secondary N) is 1. The predicted molar refractivity (Wildman–Crippen MR) is 49.6 cm³/mol. The maximum atomic E-state index is 3.58. The van der Waals surface area contributed by atoms with Crippen LogP contribution in [-0.4, -0.2) is 12.6 Å². The van der Waals surface area contributed by atoms with Gasteiger partial charge in [0.2, 0.25) is 0 Å². The molecule has 66 valence electrons. The zero-order valence-corrected chi connectivity index (χ0v) is 8.28. The van der Waals surface area contributed by atoms with Crippen LogP contribution in [0.2, 0.25) is 0 Å². The third kappa shape index (κ3) is 2.82. The van der Waals surface area contributed by atoms with Gasteiger partial charge < -0.3 is 5.32 Å². The van der Waals surface area contributed by atoms with Gasteiger partial charge in [-0.05, 0) is 31.1 Å². The fraction of sp³-hybridized carbons (Fsp3) is 1.00. The predicted octanol–water partition coefficient (Wildman–Crippen LogP) is 2.42. The number of rotatable bonds is 4. The van der Waals surface area contributed by atoms with Crippen molar-refractivity contribution in [2.75, 3.05) is 6.54 Å². The monoisotopic (exact) mass is 155 g/mol. The lowest BCUT2D eigenvalue weighted by molar-refractivity contribution is 0.383. The van der Waals surface area contributed by atoms with Crippen molar-refractivity contribution in [2.24, 2.45) is 11.3 Å². The van der Waals surface area contributed by atoms with Crippen molar-refractivity contribution in [3.8, 4) is 0 Å². The van der Waals surface area contributed by atoms with Crippen LogP contribution in [0.15, 0.2) is 0 Å². The van der Waals surface area contributed by atoms with Crippen molar-refractivity contribution in [1.29, 1.82) is 0 Å². The summed E-state index contributed by atoms with van der Waals surface area (Å²) in [6.07, 6.45) is 2.84. The van der Waals surface area contributed by atoms with Crippen molar-refractivity contribution in [2.45, 2.75) is 46.6 Å². The Hall–Kier alpha value is -0.0400. The highest BCUT2D eigenvalue weighted by molar-refractivity contribution is 4.91. The highest BCUT2D eigenvalue weighted by Crippen LogP contribution is 2.44. The summed E-state index contributed by atoms with van der Waals surface area (Å²) in [6.45, 7) is 10.4. The van der Waals surface area contributed by atoms with Gasteiger partial charge in [-0.15, -0.1) is 0 Å². The van der Waals surface area contributed by atoms with E-state index in [-0.39, 0.29) is 0 Å². The van der Waals surface area contributed by atoms with Crippen LogP contribution < -0.4 is 5.32 Å². The Bertz CT molecular complexity index is 125. The molecule has 0 spiro atoms. The van der Waals surface area contributed by atoms with Crippen LogP contribution in [0, 0.1) is 11.3 Å². The number of hydrogen-bond acceptors (Lipinski definition) is 1. The molecule has 0 amide bonds. The first-order valence-corrected chi connectivity index (χ1v) is 4.77. The SMILES string of the molecule is CC(C)C(C)NCC1(C)CC1. The zero-order valence-electron chi connectivity index (χ0n) is 8.28. The molecule has 1 unspecified atom stereocenters. The van der Waals surface area contributed by atoms with Gasteiger partial charge in [0.25, 0.3) is 0 Å². The average molecular weight is 155 g/mol. The van der Waals surface area contributed by atoms with Gasteiger partial charge in [0.05, 0.1) is 0 Å². The second-order valence-corrected chi connectivity index (χ2v) is 4.72. The van der Waals surface area contributed by atoms with Crippen molar-refractivity contribution >= 4 is 0 Å². The molecule has 11 heavy (non-hydrogen) atoms. The molecule has 1 fully saturated rings. The van der Waals surface area contributed by atoms with Crippen LogP contribution in [-0.2, 0) is 0 Å². The Morgan fingerprint density at radius 3 is 2.18 bits per heavy atom. The summed E-state index contributed by atoms with van der Waals surface area (Å²) in [6, 6.07) is 0.674. The molecule has 0 bridgehead atoms. The van der Waals surface area contributed by atoms with E-state index in [0.717, 1.165) is 5.92 Å². The molecule has 1 saturated carbocycles. The third-order valence-corrected chi connectivity index (χ3v) is 2.95. The van der Waals surface area contributed by atoms with Crippen LogP contribution in [0.5, 0.6) is 0 Å². The summed E-state index contributed by atoms with van der Waals surface area (Å²) in [5.74, 6) is 0.761. The van der Waals surface area contributed by atoms with Crippen LogP contribution in [0.1, 0.15) is 40.5 Å². The second kappa shape index (κ2) is 3.14. The van der Waals surface area contributed by atoms with E-state index in [1.165, 1.54) is 19.4 Å². The lowest BCUT2D eigenvalue weighted by Crippen LogP contribution is -2.34. The highest BCUT2D eigenvalue weighted by atomic mass is 14.9. The van der Waals surface area contributed by atoms with Gasteiger partial charge in [0.15, 0.2) is 0 Å². The lowest BCUT2D eigenvalue weighted by atomic mass is 10.0. The van der Waals surface area contributed by atoms with E-state index in [1.807, 2.05) is 0 Å². The summed E-state index contributed by atoms with van der Waals surface area (Å²) in [7, 11) is 0. The molecule has 0 radical (unpaired) electrons. The summed E-state index contributed by atoms with van der Waals surface area (Å²) in [5.41, 5.74) is 0.656.